The van der Waals surface area contributed by atoms with Gasteiger partial charge in [-0.05, 0) is 55.6 Å². The van der Waals surface area contributed by atoms with Gasteiger partial charge in [0.1, 0.15) is 11.3 Å². The molecular weight excluding hydrogens is 506 g/mol. The average molecular weight is 552 g/mol. The number of cyclic esters (lactones) is 1. The molecule has 0 aliphatic carbocycles. The molecule has 0 radical (unpaired) electrons. The second-order valence-electron chi connectivity index (χ2n) is 12.4. The van der Waals surface area contributed by atoms with E-state index >= 15 is 0 Å². The van der Waals surface area contributed by atoms with Gasteiger partial charge in [-0.1, -0.05) is 63.9 Å². The van der Waals surface area contributed by atoms with Gasteiger partial charge in [0.15, 0.2) is 11.5 Å². The lowest BCUT2D eigenvalue weighted by atomic mass is 9.73. The summed E-state index contributed by atoms with van der Waals surface area (Å²) >= 11 is 0. The molecule has 7 heteroatoms. The van der Waals surface area contributed by atoms with Gasteiger partial charge in [0.2, 0.25) is 5.76 Å². The second kappa shape index (κ2) is 12.5. The lowest BCUT2D eigenvalue weighted by Crippen LogP contribution is -2.57. The van der Waals surface area contributed by atoms with Crippen LogP contribution in [0.1, 0.15) is 64.9 Å². The molecule has 4 aliphatic rings. The fourth-order valence-electron chi connectivity index (χ4n) is 7.35. The summed E-state index contributed by atoms with van der Waals surface area (Å²) < 4.78 is 17.6. The van der Waals surface area contributed by atoms with Gasteiger partial charge in [0.25, 0.3) is 0 Å². The van der Waals surface area contributed by atoms with Gasteiger partial charge in [-0.15, -0.1) is 0 Å². The molecule has 1 aromatic rings. The Hall–Kier alpha value is -2.61. The number of rotatable bonds is 9. The van der Waals surface area contributed by atoms with Crippen LogP contribution in [0.4, 0.5) is 0 Å². The molecule has 2 fully saturated rings. The first-order valence-corrected chi connectivity index (χ1v) is 15.0. The molecule has 2 N–H and O–H groups in total. The number of hydrogen-bond acceptors (Lipinski definition) is 7. The maximum atomic E-state index is 12.4. The Morgan fingerprint density at radius 1 is 1.12 bits per heavy atom. The Morgan fingerprint density at radius 3 is 2.60 bits per heavy atom. The van der Waals surface area contributed by atoms with Crippen molar-refractivity contribution in [1.82, 2.24) is 4.90 Å². The molecule has 0 amide bonds. The highest BCUT2D eigenvalue weighted by Crippen LogP contribution is 2.50. The summed E-state index contributed by atoms with van der Waals surface area (Å²) in [6, 6.07) is 11.0. The fraction of sp³-hybridized carbons (Fsp3) is 0.606. The van der Waals surface area contributed by atoms with E-state index in [1.165, 1.54) is 12.7 Å². The summed E-state index contributed by atoms with van der Waals surface area (Å²) in [7, 11) is 1.48. The first-order valence-electron chi connectivity index (χ1n) is 15.0. The van der Waals surface area contributed by atoms with Crippen LogP contribution in [0.3, 0.4) is 0 Å². The van der Waals surface area contributed by atoms with E-state index in [2.05, 4.69) is 62.1 Å². The van der Waals surface area contributed by atoms with E-state index in [1.54, 1.807) is 0 Å². The lowest BCUT2D eigenvalue weighted by Gasteiger charge is -2.49. The minimum atomic E-state index is -0.592. The number of methoxy groups -OCH3 is 1. The highest BCUT2D eigenvalue weighted by Gasteiger charge is 2.51. The smallest absolute Gasteiger partial charge is 0.345 e. The van der Waals surface area contributed by atoms with Crippen molar-refractivity contribution in [1.29, 1.82) is 0 Å². The molecule has 0 saturated carbocycles. The van der Waals surface area contributed by atoms with Crippen LogP contribution < -0.4 is 0 Å². The van der Waals surface area contributed by atoms with Crippen LogP contribution in [-0.4, -0.2) is 59.5 Å². The zero-order valence-electron chi connectivity index (χ0n) is 24.3. The number of aliphatic hydroxyl groups is 2. The third kappa shape index (κ3) is 5.74. The Bertz CT molecular complexity index is 1150. The van der Waals surface area contributed by atoms with Crippen molar-refractivity contribution in [3.8, 4) is 0 Å². The van der Waals surface area contributed by atoms with E-state index in [1.807, 2.05) is 0 Å². The summed E-state index contributed by atoms with van der Waals surface area (Å²) in [5, 5.41) is 21.3. The van der Waals surface area contributed by atoms with Crippen LogP contribution in [0.25, 0.3) is 0 Å². The number of esters is 1. The predicted octanol–water partition coefficient (Wildman–Crippen LogP) is 5.10. The van der Waals surface area contributed by atoms with Gasteiger partial charge in [0.05, 0.1) is 19.8 Å². The molecule has 2 saturated heterocycles. The maximum absolute atomic E-state index is 12.4. The summed E-state index contributed by atoms with van der Waals surface area (Å²) in [5.41, 5.74) is 1.45. The summed E-state index contributed by atoms with van der Waals surface area (Å²) in [4.78, 5) is 15.0. The number of carbonyl (C=O) groups is 1. The van der Waals surface area contributed by atoms with Crippen molar-refractivity contribution < 1.29 is 29.2 Å². The molecule has 1 aromatic carbocycles. The number of fused-ring (bicyclic) bond motifs is 3. The summed E-state index contributed by atoms with van der Waals surface area (Å²) in [5.74, 6) is 2.54. The minimum absolute atomic E-state index is 0.0583. The monoisotopic (exact) mass is 551 g/mol. The minimum Gasteiger partial charge on any atom is -0.492 e. The number of ether oxygens (including phenoxy) is 3. The van der Waals surface area contributed by atoms with E-state index in [0.29, 0.717) is 17.6 Å². The molecule has 0 aromatic heterocycles. The van der Waals surface area contributed by atoms with Gasteiger partial charge in [-0.2, -0.15) is 0 Å². The zero-order chi connectivity index (χ0) is 28.4. The molecular formula is C33H45NO6. The van der Waals surface area contributed by atoms with Crippen molar-refractivity contribution in [2.75, 3.05) is 20.3 Å². The molecule has 5 rings (SSSR count). The van der Waals surface area contributed by atoms with Crippen LogP contribution in [0, 0.1) is 23.7 Å². The van der Waals surface area contributed by atoms with Crippen molar-refractivity contribution in [2.45, 2.75) is 83.9 Å². The number of allylic oxidation sites excluding steroid dienone is 1. The van der Waals surface area contributed by atoms with Gasteiger partial charge in [-0.3, -0.25) is 4.90 Å². The maximum Gasteiger partial charge on any atom is 0.345 e. The second-order valence-corrected chi connectivity index (χ2v) is 12.4. The van der Waals surface area contributed by atoms with E-state index in [4.69, 9.17) is 14.2 Å². The fourth-order valence-corrected chi connectivity index (χ4v) is 7.35. The van der Waals surface area contributed by atoms with E-state index in [-0.39, 0.29) is 47.1 Å². The van der Waals surface area contributed by atoms with Crippen molar-refractivity contribution in [2.24, 2.45) is 23.7 Å². The Morgan fingerprint density at radius 2 is 1.90 bits per heavy atom. The number of hydrogen-bond donors (Lipinski definition) is 2. The summed E-state index contributed by atoms with van der Waals surface area (Å²) in [6.45, 7) is 7.05. The third-order valence-electron chi connectivity index (χ3n) is 9.26. The van der Waals surface area contributed by atoms with Gasteiger partial charge < -0.3 is 24.4 Å². The summed E-state index contributed by atoms with van der Waals surface area (Å²) in [6.07, 6.45) is 8.60. The van der Waals surface area contributed by atoms with Gasteiger partial charge in [-0.25, -0.2) is 4.79 Å². The quantitative estimate of drug-likeness (QED) is 0.413. The molecule has 4 heterocycles. The van der Waals surface area contributed by atoms with Crippen LogP contribution in [0.15, 0.2) is 65.0 Å². The molecule has 0 bridgehead atoms. The highest BCUT2D eigenvalue weighted by atomic mass is 16.6. The lowest BCUT2D eigenvalue weighted by molar-refractivity contribution is -0.133. The number of piperidine rings is 1. The number of carbonyl (C=O) groups excluding carboxylic acids is 1. The molecule has 6 atom stereocenters. The van der Waals surface area contributed by atoms with Crippen molar-refractivity contribution in [3.63, 3.8) is 0 Å². The van der Waals surface area contributed by atoms with Crippen LogP contribution in [0.2, 0.25) is 0 Å². The Labute approximate surface area is 238 Å². The number of benzene rings is 1. The van der Waals surface area contributed by atoms with Crippen LogP contribution in [0.5, 0.6) is 0 Å². The van der Waals surface area contributed by atoms with Gasteiger partial charge in [0, 0.05) is 30.5 Å². The predicted molar refractivity (Wildman–Crippen MR) is 153 cm³/mol. The first kappa shape index (κ1) is 28.9. The van der Waals surface area contributed by atoms with Crippen LogP contribution >= 0.6 is 0 Å². The molecule has 0 unspecified atom stereocenters. The standard InChI is InChI=1S/C33H45NO6/c1-20(2)10-8-13-27(36)25-17-23(16-22-11-6-5-7-12-22)18-26-29-21(3)30(39-28(29)14-9-15-34(25)26)32-31(38-4)24(19-35)33(37)40-32/h5-7,11-12,14,20-21,23,25-27,29,35-36H,8-10,13,15-19H2,1-4H3/t21-,23-,25+,26-,27+,29+/m1/s1. The third-order valence-corrected chi connectivity index (χ3v) is 9.26. The Balaban J connectivity index is 1.46. The molecule has 0 spiro atoms. The number of aliphatic hydroxyl groups excluding tert-OH is 2. The topological polar surface area (TPSA) is 88.5 Å². The Kier molecular flexibility index (Phi) is 9.03. The number of nitrogens with zero attached hydrogens (tertiary/aromatic N) is 1. The van der Waals surface area contributed by atoms with E-state index < -0.39 is 12.6 Å². The van der Waals surface area contributed by atoms with E-state index in [9.17, 15) is 15.0 Å². The van der Waals surface area contributed by atoms with E-state index in [0.717, 1.165) is 57.2 Å². The largest absolute Gasteiger partial charge is 0.492 e. The molecule has 218 valence electrons. The molecule has 7 nitrogen and oxygen atoms in total. The van der Waals surface area contributed by atoms with Crippen molar-refractivity contribution >= 4 is 5.97 Å². The first-order chi connectivity index (χ1) is 19.3. The van der Waals surface area contributed by atoms with Gasteiger partial charge >= 0.3 is 5.97 Å². The molecule has 40 heavy (non-hydrogen) atoms. The zero-order valence-corrected chi connectivity index (χ0v) is 24.3. The van der Waals surface area contributed by atoms with Crippen molar-refractivity contribution in [3.05, 3.63) is 70.6 Å². The molecule has 4 aliphatic heterocycles. The highest BCUT2D eigenvalue weighted by molar-refractivity contribution is 5.94. The SMILES string of the molecule is COC1=C(CO)C(=O)OC1=C1OC2=CCCN3[C@H](C[C@H](Cc4ccccc4)C[C@H]3[C@@H](O)CCCC(C)C)[C@@H]2[C@H]1C. The normalized spacial score (nSPS) is 31.3. The van der Waals surface area contributed by atoms with Crippen LogP contribution in [-0.2, 0) is 25.4 Å². The average Bonchev–Trinajstić information content (AvgIpc) is 3.36.